The molecule has 1 aromatic heterocycles. The summed E-state index contributed by atoms with van der Waals surface area (Å²) < 4.78 is 4.61. The summed E-state index contributed by atoms with van der Waals surface area (Å²) in [6.07, 6.45) is 3.12. The molecule has 0 radical (unpaired) electrons. The number of aliphatic carboxylic acids is 1. The second-order valence-corrected chi connectivity index (χ2v) is 3.52. The van der Waals surface area contributed by atoms with E-state index < -0.39 is 12.0 Å². The van der Waals surface area contributed by atoms with Crippen molar-refractivity contribution in [2.75, 3.05) is 5.75 Å². The lowest BCUT2D eigenvalue weighted by molar-refractivity contribution is -0.137. The quantitative estimate of drug-likeness (QED) is 0.714. The Morgan fingerprint density at radius 1 is 1.85 bits per heavy atom. The van der Waals surface area contributed by atoms with Crippen LogP contribution in [0.5, 0.6) is 0 Å². The summed E-state index contributed by atoms with van der Waals surface area (Å²) in [5.74, 6) is 0.0863. The van der Waals surface area contributed by atoms with Crippen LogP contribution in [0.15, 0.2) is 17.0 Å². The van der Waals surface area contributed by atoms with Crippen LogP contribution in [-0.4, -0.2) is 28.0 Å². The fraction of sp³-hybridized carbons (Fsp3) is 0.429. The average Bonchev–Trinajstić information content (AvgIpc) is 2.56. The lowest BCUT2D eigenvalue weighted by Crippen LogP contribution is -2.32. The predicted octanol–water partition coefficient (Wildman–Crippen LogP) is 0.320. The van der Waals surface area contributed by atoms with Gasteiger partial charge < -0.3 is 15.4 Å². The molecule has 0 aliphatic carbocycles. The Morgan fingerprint density at radius 2 is 2.62 bits per heavy atom. The van der Waals surface area contributed by atoms with E-state index in [9.17, 15) is 4.79 Å². The maximum atomic E-state index is 10.3. The minimum absolute atomic E-state index is 0.389. The van der Waals surface area contributed by atoms with Gasteiger partial charge in [0.15, 0.2) is 0 Å². The van der Waals surface area contributed by atoms with Crippen molar-refractivity contribution in [1.82, 2.24) is 5.16 Å². The molecule has 1 atom stereocenters. The van der Waals surface area contributed by atoms with Gasteiger partial charge in [-0.2, -0.15) is 11.8 Å². The number of hydrogen-bond acceptors (Lipinski definition) is 5. The number of rotatable bonds is 5. The highest BCUT2D eigenvalue weighted by Gasteiger charge is 2.10. The molecule has 6 heteroatoms. The first-order valence-electron chi connectivity index (χ1n) is 3.64. The van der Waals surface area contributed by atoms with Gasteiger partial charge in [0.2, 0.25) is 0 Å². The van der Waals surface area contributed by atoms with Crippen LogP contribution >= 0.6 is 11.8 Å². The first kappa shape index (κ1) is 10.1. The van der Waals surface area contributed by atoms with E-state index in [1.807, 2.05) is 0 Å². The van der Waals surface area contributed by atoms with Crippen molar-refractivity contribution in [2.24, 2.45) is 5.73 Å². The third-order valence-electron chi connectivity index (χ3n) is 1.37. The largest absolute Gasteiger partial charge is 0.480 e. The van der Waals surface area contributed by atoms with Crippen molar-refractivity contribution < 1.29 is 14.4 Å². The van der Waals surface area contributed by atoms with Gasteiger partial charge in [0.05, 0.1) is 6.20 Å². The van der Waals surface area contributed by atoms with Gasteiger partial charge in [0, 0.05) is 17.1 Å². The summed E-state index contributed by atoms with van der Waals surface area (Å²) in [6, 6.07) is -0.801. The molecule has 0 saturated carbocycles. The number of hydrogen-bond donors (Lipinski definition) is 2. The molecular formula is C7H10N2O3S. The highest BCUT2D eigenvalue weighted by atomic mass is 32.2. The molecule has 0 aromatic carbocycles. The molecule has 0 bridgehead atoms. The monoisotopic (exact) mass is 202 g/mol. The minimum Gasteiger partial charge on any atom is -0.480 e. The third kappa shape index (κ3) is 3.47. The van der Waals surface area contributed by atoms with Crippen molar-refractivity contribution in [3.8, 4) is 0 Å². The van der Waals surface area contributed by atoms with Crippen molar-refractivity contribution in [2.45, 2.75) is 11.8 Å². The Kier molecular flexibility index (Phi) is 3.78. The molecule has 13 heavy (non-hydrogen) atoms. The van der Waals surface area contributed by atoms with Crippen LogP contribution in [0.4, 0.5) is 0 Å². The first-order valence-corrected chi connectivity index (χ1v) is 4.80. The van der Waals surface area contributed by atoms with E-state index in [2.05, 4.69) is 9.68 Å². The van der Waals surface area contributed by atoms with Crippen molar-refractivity contribution >= 4 is 17.7 Å². The number of thioether (sulfide) groups is 1. The number of carboxylic acids is 1. The zero-order valence-electron chi connectivity index (χ0n) is 6.84. The van der Waals surface area contributed by atoms with Gasteiger partial charge in [-0.05, 0) is 0 Å². The lowest BCUT2D eigenvalue weighted by Gasteiger charge is -2.03. The van der Waals surface area contributed by atoms with E-state index in [1.165, 1.54) is 18.0 Å². The molecule has 0 fully saturated rings. The molecule has 1 heterocycles. The second-order valence-electron chi connectivity index (χ2n) is 2.49. The summed E-state index contributed by atoms with van der Waals surface area (Å²) in [5, 5.41) is 12.0. The van der Waals surface area contributed by atoms with Gasteiger partial charge in [-0.25, -0.2) is 0 Å². The fourth-order valence-electron chi connectivity index (χ4n) is 0.673. The molecule has 3 N–H and O–H groups in total. The SMILES string of the molecule is N[C@@H](CSCc1cnoc1)C(=O)O. The van der Waals surface area contributed by atoms with Crippen LogP contribution in [0.1, 0.15) is 5.56 Å². The van der Waals surface area contributed by atoms with E-state index >= 15 is 0 Å². The zero-order valence-corrected chi connectivity index (χ0v) is 7.66. The van der Waals surface area contributed by atoms with Crippen LogP contribution in [0.2, 0.25) is 0 Å². The number of carbonyl (C=O) groups is 1. The van der Waals surface area contributed by atoms with Gasteiger partial charge in [0.1, 0.15) is 12.3 Å². The lowest BCUT2D eigenvalue weighted by atomic mass is 10.4. The van der Waals surface area contributed by atoms with Crippen LogP contribution in [0, 0.1) is 0 Å². The van der Waals surface area contributed by atoms with Gasteiger partial charge in [0.25, 0.3) is 0 Å². The summed E-state index contributed by atoms with van der Waals surface area (Å²) in [7, 11) is 0. The van der Waals surface area contributed by atoms with E-state index in [0.717, 1.165) is 5.56 Å². The van der Waals surface area contributed by atoms with Crippen LogP contribution < -0.4 is 5.73 Å². The third-order valence-corrected chi connectivity index (χ3v) is 2.50. The molecule has 5 nitrogen and oxygen atoms in total. The zero-order chi connectivity index (χ0) is 9.68. The molecule has 0 aliphatic heterocycles. The standard InChI is InChI=1S/C7H10N2O3S/c8-6(7(10)11)4-13-3-5-1-9-12-2-5/h1-2,6H,3-4,8H2,(H,10,11)/t6-/m0/s1. The topological polar surface area (TPSA) is 89.4 Å². The molecule has 0 aliphatic rings. The van der Waals surface area contributed by atoms with Gasteiger partial charge in [-0.1, -0.05) is 5.16 Å². The molecule has 1 rings (SSSR count). The number of nitrogens with zero attached hydrogens (tertiary/aromatic N) is 1. The van der Waals surface area contributed by atoms with E-state index in [-0.39, 0.29) is 0 Å². The summed E-state index contributed by atoms with van der Waals surface area (Å²) >= 11 is 1.44. The number of aromatic nitrogens is 1. The van der Waals surface area contributed by atoms with Gasteiger partial charge in [-0.15, -0.1) is 0 Å². The van der Waals surface area contributed by atoms with Crippen LogP contribution in [-0.2, 0) is 10.5 Å². The Morgan fingerprint density at radius 3 is 3.15 bits per heavy atom. The molecule has 1 aromatic rings. The minimum atomic E-state index is -0.974. The molecule has 0 saturated heterocycles. The van der Waals surface area contributed by atoms with E-state index in [0.29, 0.717) is 11.5 Å². The summed E-state index contributed by atoms with van der Waals surface area (Å²) in [6.45, 7) is 0. The molecule has 0 unspecified atom stereocenters. The van der Waals surface area contributed by atoms with Crippen molar-refractivity contribution in [3.05, 3.63) is 18.0 Å². The normalized spacial score (nSPS) is 12.7. The Bertz CT molecular complexity index is 263. The van der Waals surface area contributed by atoms with Crippen LogP contribution in [0.3, 0.4) is 0 Å². The van der Waals surface area contributed by atoms with Gasteiger partial charge in [-0.3, -0.25) is 4.79 Å². The molecule has 0 amide bonds. The summed E-state index contributed by atoms with van der Waals surface area (Å²) in [4.78, 5) is 10.3. The predicted molar refractivity (Wildman–Crippen MR) is 48.3 cm³/mol. The Hall–Kier alpha value is -1.01. The highest BCUT2D eigenvalue weighted by molar-refractivity contribution is 7.98. The Labute approximate surface area is 79.3 Å². The maximum Gasteiger partial charge on any atom is 0.321 e. The maximum absolute atomic E-state index is 10.3. The fourth-order valence-corrected chi connectivity index (χ4v) is 1.57. The smallest absolute Gasteiger partial charge is 0.321 e. The van der Waals surface area contributed by atoms with Crippen LogP contribution in [0.25, 0.3) is 0 Å². The molecule has 0 spiro atoms. The second kappa shape index (κ2) is 4.88. The molecular weight excluding hydrogens is 192 g/mol. The van der Waals surface area contributed by atoms with Crippen molar-refractivity contribution in [3.63, 3.8) is 0 Å². The average molecular weight is 202 g/mol. The Balaban J connectivity index is 2.18. The van der Waals surface area contributed by atoms with E-state index in [4.69, 9.17) is 10.8 Å². The summed E-state index contributed by atoms with van der Waals surface area (Å²) in [5.41, 5.74) is 6.23. The van der Waals surface area contributed by atoms with Gasteiger partial charge >= 0.3 is 5.97 Å². The van der Waals surface area contributed by atoms with Crippen molar-refractivity contribution in [1.29, 1.82) is 0 Å². The molecule has 72 valence electrons. The first-order chi connectivity index (χ1) is 6.20. The highest BCUT2D eigenvalue weighted by Crippen LogP contribution is 2.11. The number of nitrogens with two attached hydrogens (primary N) is 1. The number of carboxylic acid groups (broad SMARTS) is 1. The van der Waals surface area contributed by atoms with E-state index in [1.54, 1.807) is 6.20 Å².